The summed E-state index contributed by atoms with van der Waals surface area (Å²) >= 11 is 0. The minimum Gasteiger partial charge on any atom is -0.379 e. The maximum atomic E-state index is 13.3. The number of nitriles is 1. The Morgan fingerprint density at radius 2 is 1.96 bits per heavy atom. The van der Waals surface area contributed by atoms with Gasteiger partial charge in [0.15, 0.2) is 0 Å². The minimum atomic E-state index is -0.285. The van der Waals surface area contributed by atoms with Crippen LogP contribution in [0.15, 0.2) is 48.5 Å². The summed E-state index contributed by atoms with van der Waals surface area (Å²) in [5.74, 6) is -0.519. The van der Waals surface area contributed by atoms with Crippen molar-refractivity contribution in [2.45, 2.75) is 6.04 Å². The molecule has 6 heteroatoms. The van der Waals surface area contributed by atoms with Crippen molar-refractivity contribution in [2.75, 3.05) is 32.8 Å². The molecule has 0 radical (unpaired) electrons. The first-order chi connectivity index (χ1) is 12.7. The lowest BCUT2D eigenvalue weighted by Crippen LogP contribution is -2.43. The van der Waals surface area contributed by atoms with E-state index < -0.39 is 0 Å². The molecule has 1 atom stereocenters. The van der Waals surface area contributed by atoms with Crippen molar-refractivity contribution in [3.05, 3.63) is 71.0 Å². The number of halogens is 1. The lowest BCUT2D eigenvalue weighted by Gasteiger charge is -2.35. The van der Waals surface area contributed by atoms with Gasteiger partial charge in [-0.2, -0.15) is 5.26 Å². The van der Waals surface area contributed by atoms with Gasteiger partial charge in [0.25, 0.3) is 5.91 Å². The quantitative estimate of drug-likeness (QED) is 0.897. The monoisotopic (exact) mass is 353 g/mol. The van der Waals surface area contributed by atoms with Crippen molar-refractivity contribution in [2.24, 2.45) is 0 Å². The van der Waals surface area contributed by atoms with Gasteiger partial charge >= 0.3 is 0 Å². The molecule has 1 fully saturated rings. The zero-order valence-corrected chi connectivity index (χ0v) is 14.3. The number of hydrogen-bond donors (Lipinski definition) is 1. The number of ether oxygens (including phenoxy) is 1. The average molecular weight is 353 g/mol. The molecule has 2 aromatic rings. The van der Waals surface area contributed by atoms with E-state index >= 15 is 0 Å². The first-order valence-corrected chi connectivity index (χ1v) is 8.53. The van der Waals surface area contributed by atoms with Crippen LogP contribution < -0.4 is 5.32 Å². The SMILES string of the molecule is N#Cc1cccc(C(=O)NCC(c2ccc(F)cc2)N2CCOCC2)c1. The first kappa shape index (κ1) is 18.1. The Morgan fingerprint density at radius 3 is 2.65 bits per heavy atom. The third-order valence-electron chi connectivity index (χ3n) is 4.45. The molecule has 0 aliphatic carbocycles. The molecule has 1 amide bonds. The molecule has 0 spiro atoms. The predicted octanol–water partition coefficient (Wildman–Crippen LogP) is 2.50. The van der Waals surface area contributed by atoms with Crippen LogP contribution in [0.25, 0.3) is 0 Å². The molecule has 1 saturated heterocycles. The fourth-order valence-electron chi connectivity index (χ4n) is 3.05. The van der Waals surface area contributed by atoms with E-state index in [2.05, 4.69) is 10.2 Å². The number of carbonyl (C=O) groups is 1. The molecule has 2 aromatic carbocycles. The third-order valence-corrected chi connectivity index (χ3v) is 4.45. The molecule has 0 aromatic heterocycles. The molecule has 0 saturated carbocycles. The minimum absolute atomic E-state index is 0.0670. The molecule has 26 heavy (non-hydrogen) atoms. The molecule has 1 N–H and O–H groups in total. The number of carbonyl (C=O) groups excluding carboxylic acids is 1. The number of nitrogens with zero attached hydrogens (tertiary/aromatic N) is 2. The van der Waals surface area contributed by atoms with E-state index in [0.29, 0.717) is 30.9 Å². The van der Waals surface area contributed by atoms with Crippen LogP contribution in [-0.4, -0.2) is 43.7 Å². The van der Waals surface area contributed by atoms with Gasteiger partial charge < -0.3 is 10.1 Å². The van der Waals surface area contributed by atoms with Gasteiger partial charge in [-0.15, -0.1) is 0 Å². The number of rotatable bonds is 5. The zero-order valence-electron chi connectivity index (χ0n) is 14.3. The first-order valence-electron chi connectivity index (χ1n) is 8.53. The number of amides is 1. The fourth-order valence-corrected chi connectivity index (χ4v) is 3.05. The molecular weight excluding hydrogens is 333 g/mol. The molecule has 134 valence electrons. The van der Waals surface area contributed by atoms with Crippen LogP contribution in [-0.2, 0) is 4.74 Å². The summed E-state index contributed by atoms with van der Waals surface area (Å²) < 4.78 is 18.7. The van der Waals surface area contributed by atoms with Crippen molar-refractivity contribution in [3.63, 3.8) is 0 Å². The van der Waals surface area contributed by atoms with E-state index in [-0.39, 0.29) is 17.8 Å². The maximum Gasteiger partial charge on any atom is 0.251 e. The van der Waals surface area contributed by atoms with Gasteiger partial charge in [-0.25, -0.2) is 4.39 Å². The summed E-state index contributed by atoms with van der Waals surface area (Å²) in [6.07, 6.45) is 0. The molecule has 1 heterocycles. The third kappa shape index (κ3) is 4.45. The highest BCUT2D eigenvalue weighted by Crippen LogP contribution is 2.22. The number of hydrogen-bond acceptors (Lipinski definition) is 4. The summed E-state index contributed by atoms with van der Waals surface area (Å²) in [4.78, 5) is 14.7. The number of nitrogens with one attached hydrogen (secondary N) is 1. The number of benzene rings is 2. The van der Waals surface area contributed by atoms with Gasteiger partial charge in [0.05, 0.1) is 30.9 Å². The molecule has 0 bridgehead atoms. The van der Waals surface area contributed by atoms with Crippen molar-refractivity contribution in [1.82, 2.24) is 10.2 Å². The summed E-state index contributed by atoms with van der Waals surface area (Å²) in [5, 5.41) is 11.9. The Hall–Kier alpha value is -2.75. The topological polar surface area (TPSA) is 65.4 Å². The largest absolute Gasteiger partial charge is 0.379 e. The van der Waals surface area contributed by atoms with Crippen molar-refractivity contribution >= 4 is 5.91 Å². The Bertz CT molecular complexity index is 795. The van der Waals surface area contributed by atoms with E-state index in [4.69, 9.17) is 10.00 Å². The summed E-state index contributed by atoms with van der Waals surface area (Å²) in [5.41, 5.74) is 1.84. The lowest BCUT2D eigenvalue weighted by atomic mass is 10.0. The summed E-state index contributed by atoms with van der Waals surface area (Å²) in [6, 6.07) is 14.9. The fraction of sp³-hybridized carbons (Fsp3) is 0.300. The molecule has 1 aliphatic heterocycles. The Labute approximate surface area is 152 Å². The van der Waals surface area contributed by atoms with E-state index in [0.717, 1.165) is 18.7 Å². The van der Waals surface area contributed by atoms with Crippen molar-refractivity contribution in [3.8, 4) is 6.07 Å². The van der Waals surface area contributed by atoms with Crippen LogP contribution in [0.5, 0.6) is 0 Å². The Balaban J connectivity index is 1.73. The molecule has 1 aliphatic rings. The molecule has 5 nitrogen and oxygen atoms in total. The second-order valence-corrected chi connectivity index (χ2v) is 6.12. The van der Waals surface area contributed by atoms with Gasteiger partial charge in [-0.05, 0) is 35.9 Å². The highest BCUT2D eigenvalue weighted by molar-refractivity contribution is 5.94. The smallest absolute Gasteiger partial charge is 0.251 e. The lowest BCUT2D eigenvalue weighted by molar-refractivity contribution is 0.0162. The predicted molar refractivity (Wildman–Crippen MR) is 95.0 cm³/mol. The van der Waals surface area contributed by atoms with Crippen molar-refractivity contribution in [1.29, 1.82) is 5.26 Å². The molecular formula is C20H20FN3O2. The Morgan fingerprint density at radius 1 is 1.23 bits per heavy atom. The van der Waals surface area contributed by atoms with E-state index in [1.54, 1.807) is 36.4 Å². The van der Waals surface area contributed by atoms with Crippen LogP contribution >= 0.6 is 0 Å². The number of morpholine rings is 1. The van der Waals surface area contributed by atoms with Gasteiger partial charge in [0, 0.05) is 25.2 Å². The summed E-state index contributed by atoms with van der Waals surface area (Å²) in [6.45, 7) is 3.16. The van der Waals surface area contributed by atoms with E-state index in [9.17, 15) is 9.18 Å². The van der Waals surface area contributed by atoms with Gasteiger partial charge in [0.2, 0.25) is 0 Å². The van der Waals surface area contributed by atoms with Crippen LogP contribution in [0.3, 0.4) is 0 Å². The van der Waals surface area contributed by atoms with Crippen LogP contribution in [0.1, 0.15) is 27.5 Å². The second kappa shape index (κ2) is 8.56. The highest BCUT2D eigenvalue weighted by atomic mass is 19.1. The zero-order chi connectivity index (χ0) is 18.4. The second-order valence-electron chi connectivity index (χ2n) is 6.12. The highest BCUT2D eigenvalue weighted by Gasteiger charge is 2.23. The van der Waals surface area contributed by atoms with Gasteiger partial charge in [-0.3, -0.25) is 9.69 Å². The van der Waals surface area contributed by atoms with Gasteiger partial charge in [-0.1, -0.05) is 18.2 Å². The van der Waals surface area contributed by atoms with E-state index in [1.165, 1.54) is 12.1 Å². The summed E-state index contributed by atoms with van der Waals surface area (Å²) in [7, 11) is 0. The normalized spacial score (nSPS) is 15.8. The van der Waals surface area contributed by atoms with Crippen LogP contribution in [0.4, 0.5) is 4.39 Å². The molecule has 1 unspecified atom stereocenters. The van der Waals surface area contributed by atoms with E-state index in [1.807, 2.05) is 6.07 Å². The van der Waals surface area contributed by atoms with Gasteiger partial charge in [0.1, 0.15) is 5.82 Å². The van der Waals surface area contributed by atoms with Crippen molar-refractivity contribution < 1.29 is 13.9 Å². The standard InChI is InChI=1S/C20H20FN3O2/c21-18-6-4-16(5-7-18)19(24-8-10-26-11-9-24)14-23-20(25)17-3-1-2-15(12-17)13-22/h1-7,12,19H,8-11,14H2,(H,23,25). The molecule has 3 rings (SSSR count). The average Bonchev–Trinajstić information content (AvgIpc) is 2.70. The Kier molecular flexibility index (Phi) is 5.95. The van der Waals surface area contributed by atoms with Crippen LogP contribution in [0, 0.1) is 17.1 Å². The maximum absolute atomic E-state index is 13.3. The van der Waals surface area contributed by atoms with Crippen LogP contribution in [0.2, 0.25) is 0 Å².